The summed E-state index contributed by atoms with van der Waals surface area (Å²) in [5.74, 6) is 0. The average molecular weight is 330 g/mol. The number of benzene rings is 1. The van der Waals surface area contributed by atoms with Gasteiger partial charge in [-0.25, -0.2) is 0 Å². The second-order valence-electron chi connectivity index (χ2n) is 4.76. The predicted molar refractivity (Wildman–Crippen MR) is 88.5 cm³/mol. The van der Waals surface area contributed by atoms with Crippen molar-refractivity contribution < 1.29 is 4.92 Å². The van der Waals surface area contributed by atoms with Crippen molar-refractivity contribution in [1.29, 1.82) is 15.8 Å². The molecule has 1 aromatic heterocycles. The van der Waals surface area contributed by atoms with Gasteiger partial charge in [0.1, 0.15) is 18.2 Å². The van der Waals surface area contributed by atoms with Gasteiger partial charge in [0.05, 0.1) is 16.2 Å². The van der Waals surface area contributed by atoms with E-state index in [-0.39, 0.29) is 22.5 Å². The monoisotopic (exact) mass is 330 g/mol. The Bertz CT molecular complexity index is 991. The number of non-ortho nitro benzene ring substituents is 1. The van der Waals surface area contributed by atoms with Gasteiger partial charge in [-0.2, -0.15) is 15.8 Å². The van der Waals surface area contributed by atoms with Crippen LogP contribution in [0.1, 0.15) is 5.69 Å². The summed E-state index contributed by atoms with van der Waals surface area (Å²) in [6.45, 7) is 0. The molecule has 0 atom stereocenters. The Labute approximate surface area is 142 Å². The second kappa shape index (κ2) is 7.28. The van der Waals surface area contributed by atoms with Crippen molar-refractivity contribution in [1.82, 2.24) is 4.57 Å². The van der Waals surface area contributed by atoms with Gasteiger partial charge >= 0.3 is 0 Å². The highest BCUT2D eigenvalue weighted by atomic mass is 16.6. The summed E-state index contributed by atoms with van der Waals surface area (Å²) >= 11 is 0. The van der Waals surface area contributed by atoms with Crippen LogP contribution < -0.4 is 5.73 Å². The minimum Gasteiger partial charge on any atom is -0.396 e. The molecule has 120 valence electrons. The van der Waals surface area contributed by atoms with Crippen molar-refractivity contribution in [2.24, 2.45) is 5.73 Å². The van der Waals surface area contributed by atoms with E-state index in [0.717, 1.165) is 0 Å². The summed E-state index contributed by atoms with van der Waals surface area (Å²) in [4.78, 5) is 10.2. The number of nitro groups is 1. The molecule has 0 saturated carbocycles. The van der Waals surface area contributed by atoms with Gasteiger partial charge in [-0.3, -0.25) is 10.1 Å². The first-order valence-electron chi connectivity index (χ1n) is 6.86. The quantitative estimate of drug-likeness (QED) is 0.394. The molecule has 0 aliphatic carbocycles. The number of nitro benzene ring substituents is 1. The molecule has 1 heterocycles. The number of hydrogen-bond donors (Lipinski definition) is 1. The number of allylic oxidation sites excluding steroid dienone is 2. The molecule has 0 saturated heterocycles. The van der Waals surface area contributed by atoms with Crippen molar-refractivity contribution in [3.63, 3.8) is 0 Å². The van der Waals surface area contributed by atoms with Gasteiger partial charge in [0, 0.05) is 29.7 Å². The van der Waals surface area contributed by atoms with Crippen LogP contribution >= 0.6 is 0 Å². The van der Waals surface area contributed by atoms with Crippen LogP contribution in [-0.4, -0.2) is 9.49 Å². The summed E-state index contributed by atoms with van der Waals surface area (Å²) in [6.07, 6.45) is 3.14. The minimum absolute atomic E-state index is 0.0278. The van der Waals surface area contributed by atoms with E-state index >= 15 is 0 Å². The fraction of sp³-hybridized carbons (Fsp3) is 0. The molecule has 0 fully saturated rings. The van der Waals surface area contributed by atoms with E-state index in [1.807, 2.05) is 6.07 Å². The van der Waals surface area contributed by atoms with Gasteiger partial charge in [0.15, 0.2) is 5.57 Å². The molecule has 1 aromatic carbocycles. The lowest BCUT2D eigenvalue weighted by Crippen LogP contribution is -2.04. The van der Waals surface area contributed by atoms with E-state index in [0.29, 0.717) is 11.4 Å². The van der Waals surface area contributed by atoms with Gasteiger partial charge in [0.2, 0.25) is 0 Å². The lowest BCUT2D eigenvalue weighted by Gasteiger charge is -2.07. The van der Waals surface area contributed by atoms with Crippen LogP contribution in [0.25, 0.3) is 11.8 Å². The van der Waals surface area contributed by atoms with Crippen LogP contribution in [0, 0.1) is 44.1 Å². The zero-order valence-corrected chi connectivity index (χ0v) is 12.7. The Kier molecular flexibility index (Phi) is 4.95. The van der Waals surface area contributed by atoms with E-state index in [4.69, 9.17) is 16.3 Å². The molecule has 0 amide bonds. The largest absolute Gasteiger partial charge is 0.396 e. The van der Waals surface area contributed by atoms with E-state index in [1.54, 1.807) is 47.2 Å². The number of aromatic nitrogens is 1. The third-order valence-electron chi connectivity index (χ3n) is 3.31. The highest BCUT2D eigenvalue weighted by Gasteiger charge is 2.11. The Balaban J connectivity index is 2.50. The number of nitrogens with zero attached hydrogens (tertiary/aromatic N) is 5. The highest BCUT2D eigenvalue weighted by Crippen LogP contribution is 2.20. The lowest BCUT2D eigenvalue weighted by atomic mass is 10.1. The van der Waals surface area contributed by atoms with E-state index < -0.39 is 4.92 Å². The van der Waals surface area contributed by atoms with Crippen molar-refractivity contribution in [3.05, 3.63) is 75.2 Å². The molecule has 0 bridgehead atoms. The molecule has 0 aliphatic heterocycles. The molecule has 2 N–H and O–H groups in total. The molecule has 8 nitrogen and oxygen atoms in total. The Morgan fingerprint density at radius 3 is 2.28 bits per heavy atom. The Hall–Kier alpha value is -4.35. The Morgan fingerprint density at radius 1 is 1.12 bits per heavy atom. The first-order chi connectivity index (χ1) is 12.0. The van der Waals surface area contributed by atoms with Gasteiger partial charge in [-0.1, -0.05) is 0 Å². The number of hydrogen-bond acceptors (Lipinski definition) is 6. The third-order valence-corrected chi connectivity index (χ3v) is 3.31. The summed E-state index contributed by atoms with van der Waals surface area (Å²) < 4.78 is 1.69. The van der Waals surface area contributed by atoms with Crippen molar-refractivity contribution in [3.8, 4) is 23.9 Å². The van der Waals surface area contributed by atoms with Crippen molar-refractivity contribution in [2.75, 3.05) is 0 Å². The van der Waals surface area contributed by atoms with Crippen LogP contribution in [0.15, 0.2) is 59.4 Å². The normalized spacial score (nSPS) is 10.2. The second-order valence-corrected chi connectivity index (χ2v) is 4.76. The lowest BCUT2D eigenvalue weighted by molar-refractivity contribution is -0.384. The maximum atomic E-state index is 10.7. The van der Waals surface area contributed by atoms with Crippen LogP contribution in [0.3, 0.4) is 0 Å². The molecular formula is C17H10N6O2. The van der Waals surface area contributed by atoms with Gasteiger partial charge < -0.3 is 10.3 Å². The van der Waals surface area contributed by atoms with Crippen LogP contribution in [0.4, 0.5) is 5.69 Å². The number of rotatable bonds is 4. The topological polar surface area (TPSA) is 145 Å². The average Bonchev–Trinajstić information content (AvgIpc) is 3.08. The van der Waals surface area contributed by atoms with Crippen molar-refractivity contribution in [2.45, 2.75) is 0 Å². The molecule has 2 aromatic rings. The predicted octanol–water partition coefficient (Wildman–Crippen LogP) is 2.55. The molecule has 0 radical (unpaired) electrons. The summed E-state index contributed by atoms with van der Waals surface area (Å²) in [5.41, 5.74) is 6.30. The summed E-state index contributed by atoms with van der Waals surface area (Å²) in [7, 11) is 0. The van der Waals surface area contributed by atoms with Crippen LogP contribution in [0.5, 0.6) is 0 Å². The van der Waals surface area contributed by atoms with E-state index in [9.17, 15) is 15.4 Å². The Morgan fingerprint density at radius 2 is 1.76 bits per heavy atom. The van der Waals surface area contributed by atoms with Gasteiger partial charge in [-0.05, 0) is 30.3 Å². The first kappa shape index (κ1) is 17.0. The maximum absolute atomic E-state index is 10.7. The zero-order valence-electron chi connectivity index (χ0n) is 12.7. The fourth-order valence-corrected chi connectivity index (χ4v) is 2.08. The molecule has 25 heavy (non-hydrogen) atoms. The molecule has 0 unspecified atom stereocenters. The molecule has 0 aliphatic rings. The van der Waals surface area contributed by atoms with Gasteiger partial charge in [-0.15, -0.1) is 0 Å². The standard InChI is InChI=1S/C17H10N6O2/c18-9-12(17(21)13(10-19)11-20)8-16-2-1-7-22(16)14-3-5-15(6-4-14)23(24)25/h1-8H,21H2/b12-8+. The first-order valence-corrected chi connectivity index (χ1v) is 6.86. The molecule has 2 rings (SSSR count). The van der Waals surface area contributed by atoms with Gasteiger partial charge in [0.25, 0.3) is 5.69 Å². The molecular weight excluding hydrogens is 320 g/mol. The van der Waals surface area contributed by atoms with Crippen molar-refractivity contribution >= 4 is 11.8 Å². The molecule has 8 heteroatoms. The smallest absolute Gasteiger partial charge is 0.269 e. The third kappa shape index (κ3) is 3.53. The molecule has 0 spiro atoms. The number of nitrogens with two attached hydrogens (primary N) is 1. The van der Waals surface area contributed by atoms with E-state index in [2.05, 4.69) is 0 Å². The highest BCUT2D eigenvalue weighted by molar-refractivity contribution is 5.66. The zero-order chi connectivity index (χ0) is 18.4. The van der Waals surface area contributed by atoms with Crippen LogP contribution in [-0.2, 0) is 0 Å². The summed E-state index contributed by atoms with van der Waals surface area (Å²) in [5, 5.41) is 37.7. The maximum Gasteiger partial charge on any atom is 0.269 e. The number of nitriles is 3. The van der Waals surface area contributed by atoms with E-state index in [1.165, 1.54) is 18.2 Å². The minimum atomic E-state index is -0.495. The fourth-order valence-electron chi connectivity index (χ4n) is 2.08. The summed E-state index contributed by atoms with van der Waals surface area (Å²) in [6, 6.07) is 14.4. The van der Waals surface area contributed by atoms with Crippen LogP contribution in [0.2, 0.25) is 0 Å². The SMILES string of the molecule is N#CC(C#N)=C(N)/C(C#N)=C/c1cccn1-c1ccc([N+](=O)[O-])cc1.